The zero-order valence-electron chi connectivity index (χ0n) is 15.8. The van der Waals surface area contributed by atoms with E-state index in [1.54, 1.807) is 38.7 Å². The minimum absolute atomic E-state index is 0.0635. The molecule has 1 aromatic carbocycles. The fraction of sp³-hybridized carbons (Fsp3) is 0.350. The van der Waals surface area contributed by atoms with Crippen molar-refractivity contribution in [1.82, 2.24) is 5.01 Å². The molecule has 0 radical (unpaired) electrons. The van der Waals surface area contributed by atoms with Crippen LogP contribution in [0.15, 0.2) is 46.1 Å². The standard InChI is InChI=1S/C20H22N2O6/c1-26-14-9-13(10-15(11-14)27-2)17-12-16(18-5-4-8-28-18)21-22(17)19(23)6-3-7-20(24)25/h4-5,8-11,17H,3,6-7,12H2,1-2H3,(H,24,25). The van der Waals surface area contributed by atoms with E-state index in [2.05, 4.69) is 5.10 Å². The van der Waals surface area contributed by atoms with Crippen LogP contribution in [0.2, 0.25) is 0 Å². The average Bonchev–Trinajstić information content (AvgIpc) is 3.36. The molecule has 3 rings (SSSR count). The number of nitrogens with zero attached hydrogens (tertiary/aromatic N) is 2. The van der Waals surface area contributed by atoms with Crippen molar-refractivity contribution in [2.24, 2.45) is 5.10 Å². The number of carboxylic acids is 1. The summed E-state index contributed by atoms with van der Waals surface area (Å²) in [7, 11) is 3.12. The summed E-state index contributed by atoms with van der Waals surface area (Å²) in [6, 6.07) is 8.63. The van der Waals surface area contributed by atoms with Crippen molar-refractivity contribution in [2.75, 3.05) is 14.2 Å². The summed E-state index contributed by atoms with van der Waals surface area (Å²) in [4.78, 5) is 23.5. The summed E-state index contributed by atoms with van der Waals surface area (Å²) in [5.74, 6) is 0.650. The molecule has 8 heteroatoms. The molecule has 0 saturated carbocycles. The van der Waals surface area contributed by atoms with Crippen molar-refractivity contribution in [1.29, 1.82) is 0 Å². The third kappa shape index (κ3) is 4.33. The molecule has 0 fully saturated rings. The van der Waals surface area contributed by atoms with Gasteiger partial charge < -0.3 is 19.0 Å². The molecule has 1 aromatic heterocycles. The molecule has 1 unspecified atom stereocenters. The Labute approximate surface area is 162 Å². The number of carbonyl (C=O) groups is 2. The Morgan fingerprint density at radius 3 is 2.50 bits per heavy atom. The van der Waals surface area contributed by atoms with Crippen LogP contribution in [0.5, 0.6) is 11.5 Å². The van der Waals surface area contributed by atoms with Crippen LogP contribution in [0.4, 0.5) is 0 Å². The Bertz CT molecular complexity index is 853. The van der Waals surface area contributed by atoms with E-state index >= 15 is 0 Å². The monoisotopic (exact) mass is 386 g/mol. The number of hydrogen-bond donors (Lipinski definition) is 1. The lowest BCUT2D eigenvalue weighted by Crippen LogP contribution is -2.27. The minimum atomic E-state index is -0.928. The van der Waals surface area contributed by atoms with Crippen LogP contribution >= 0.6 is 0 Å². The fourth-order valence-corrected chi connectivity index (χ4v) is 3.12. The quantitative estimate of drug-likeness (QED) is 0.747. The Morgan fingerprint density at radius 1 is 1.21 bits per heavy atom. The van der Waals surface area contributed by atoms with E-state index in [1.807, 2.05) is 12.1 Å². The SMILES string of the molecule is COc1cc(OC)cc(C2CC(c3ccco3)=NN2C(=O)CCCC(=O)O)c1. The van der Waals surface area contributed by atoms with Crippen molar-refractivity contribution >= 4 is 17.6 Å². The predicted molar refractivity (Wildman–Crippen MR) is 100 cm³/mol. The number of carbonyl (C=O) groups excluding carboxylic acids is 1. The first-order valence-electron chi connectivity index (χ1n) is 8.90. The molecule has 0 aliphatic carbocycles. The largest absolute Gasteiger partial charge is 0.497 e. The zero-order chi connectivity index (χ0) is 20.1. The predicted octanol–water partition coefficient (Wildman–Crippen LogP) is 3.23. The first-order chi connectivity index (χ1) is 13.5. The molecule has 0 spiro atoms. The van der Waals surface area contributed by atoms with E-state index in [0.29, 0.717) is 29.4 Å². The van der Waals surface area contributed by atoms with Gasteiger partial charge in [-0.25, -0.2) is 5.01 Å². The van der Waals surface area contributed by atoms with Crippen LogP contribution in [0.1, 0.15) is 43.0 Å². The summed E-state index contributed by atoms with van der Waals surface area (Å²) in [5.41, 5.74) is 1.47. The Kier molecular flexibility index (Phi) is 5.98. The first-order valence-corrected chi connectivity index (χ1v) is 8.90. The highest BCUT2D eigenvalue weighted by Gasteiger charge is 2.34. The van der Waals surface area contributed by atoms with E-state index in [1.165, 1.54) is 5.01 Å². The molecule has 1 aliphatic heterocycles. The highest BCUT2D eigenvalue weighted by Crippen LogP contribution is 2.37. The van der Waals surface area contributed by atoms with Crippen molar-refractivity contribution in [2.45, 2.75) is 31.7 Å². The molecule has 0 saturated heterocycles. The van der Waals surface area contributed by atoms with Gasteiger partial charge in [-0.15, -0.1) is 0 Å². The molecular weight excluding hydrogens is 364 g/mol. The summed E-state index contributed by atoms with van der Waals surface area (Å²) in [5, 5.41) is 14.7. The second kappa shape index (κ2) is 8.60. The van der Waals surface area contributed by atoms with Crippen molar-refractivity contribution in [3.8, 4) is 11.5 Å². The van der Waals surface area contributed by atoms with Gasteiger partial charge in [0.1, 0.15) is 23.0 Å². The number of hydrazone groups is 1. The summed E-state index contributed by atoms with van der Waals surface area (Å²) in [6.07, 6.45) is 2.31. The van der Waals surface area contributed by atoms with Gasteiger partial charge in [0.05, 0.1) is 26.5 Å². The second-order valence-electron chi connectivity index (χ2n) is 6.38. The van der Waals surface area contributed by atoms with Gasteiger partial charge in [-0.2, -0.15) is 5.10 Å². The minimum Gasteiger partial charge on any atom is -0.497 e. The number of furan rings is 1. The van der Waals surface area contributed by atoms with Gasteiger partial charge in [0.25, 0.3) is 0 Å². The topological polar surface area (TPSA) is 102 Å². The molecule has 2 heterocycles. The Balaban J connectivity index is 1.89. The van der Waals surface area contributed by atoms with Gasteiger partial charge in [0, 0.05) is 25.3 Å². The molecule has 2 aromatic rings. The van der Waals surface area contributed by atoms with E-state index in [-0.39, 0.29) is 31.2 Å². The lowest BCUT2D eigenvalue weighted by molar-refractivity contribution is -0.137. The van der Waals surface area contributed by atoms with E-state index in [0.717, 1.165) is 5.56 Å². The number of carboxylic acid groups (broad SMARTS) is 1. The van der Waals surface area contributed by atoms with E-state index in [4.69, 9.17) is 19.0 Å². The highest BCUT2D eigenvalue weighted by molar-refractivity contribution is 6.01. The molecule has 0 bridgehead atoms. The molecule has 8 nitrogen and oxygen atoms in total. The zero-order valence-corrected chi connectivity index (χ0v) is 15.8. The van der Waals surface area contributed by atoms with Crippen LogP contribution in [0.25, 0.3) is 0 Å². The fourth-order valence-electron chi connectivity index (χ4n) is 3.12. The Hall–Kier alpha value is -3.29. The van der Waals surface area contributed by atoms with Gasteiger partial charge in [-0.1, -0.05) is 0 Å². The van der Waals surface area contributed by atoms with Gasteiger partial charge in [-0.3, -0.25) is 9.59 Å². The van der Waals surface area contributed by atoms with Gasteiger partial charge in [0.2, 0.25) is 5.91 Å². The summed E-state index contributed by atoms with van der Waals surface area (Å²) in [6.45, 7) is 0. The molecule has 1 N–H and O–H groups in total. The normalized spacial score (nSPS) is 16.0. The highest BCUT2D eigenvalue weighted by atomic mass is 16.5. The van der Waals surface area contributed by atoms with Crippen LogP contribution in [0.3, 0.4) is 0 Å². The summed E-state index contributed by atoms with van der Waals surface area (Å²) < 4.78 is 16.1. The molecule has 28 heavy (non-hydrogen) atoms. The maximum Gasteiger partial charge on any atom is 0.303 e. The molecule has 1 aliphatic rings. The molecule has 1 atom stereocenters. The number of ether oxygens (including phenoxy) is 2. The maximum absolute atomic E-state index is 12.8. The third-order valence-corrected chi connectivity index (χ3v) is 4.51. The van der Waals surface area contributed by atoms with Crippen LogP contribution in [-0.2, 0) is 9.59 Å². The number of methoxy groups -OCH3 is 2. The van der Waals surface area contributed by atoms with E-state index < -0.39 is 5.97 Å². The number of rotatable bonds is 8. The molecular formula is C20H22N2O6. The van der Waals surface area contributed by atoms with Crippen molar-refractivity contribution < 1.29 is 28.6 Å². The van der Waals surface area contributed by atoms with Crippen LogP contribution in [-0.4, -0.2) is 41.9 Å². The van der Waals surface area contributed by atoms with Gasteiger partial charge >= 0.3 is 5.97 Å². The van der Waals surface area contributed by atoms with Crippen LogP contribution < -0.4 is 9.47 Å². The van der Waals surface area contributed by atoms with Gasteiger partial charge in [0.15, 0.2) is 0 Å². The maximum atomic E-state index is 12.8. The average molecular weight is 386 g/mol. The lowest BCUT2D eigenvalue weighted by Gasteiger charge is -2.23. The van der Waals surface area contributed by atoms with Gasteiger partial charge in [-0.05, 0) is 36.2 Å². The molecule has 1 amide bonds. The number of hydrogen-bond acceptors (Lipinski definition) is 6. The first kappa shape index (κ1) is 19.5. The van der Waals surface area contributed by atoms with Crippen molar-refractivity contribution in [3.05, 3.63) is 47.9 Å². The van der Waals surface area contributed by atoms with Crippen molar-refractivity contribution in [3.63, 3.8) is 0 Å². The van der Waals surface area contributed by atoms with E-state index in [9.17, 15) is 9.59 Å². The summed E-state index contributed by atoms with van der Waals surface area (Å²) >= 11 is 0. The number of aliphatic carboxylic acids is 1. The second-order valence-corrected chi connectivity index (χ2v) is 6.38. The van der Waals surface area contributed by atoms with Crippen LogP contribution in [0, 0.1) is 0 Å². The smallest absolute Gasteiger partial charge is 0.303 e. The molecule has 148 valence electrons. The lowest BCUT2D eigenvalue weighted by atomic mass is 10.00. The Morgan fingerprint density at radius 2 is 1.93 bits per heavy atom. The number of benzene rings is 1. The third-order valence-electron chi connectivity index (χ3n) is 4.51. The number of amides is 1.